The van der Waals surface area contributed by atoms with Crippen LogP contribution in [-0.4, -0.2) is 36.3 Å². The van der Waals surface area contributed by atoms with Crippen LogP contribution in [0.4, 0.5) is 19.1 Å². The molecule has 0 unspecified atom stereocenters. The van der Waals surface area contributed by atoms with Gasteiger partial charge in [-0.1, -0.05) is 36.7 Å². The van der Waals surface area contributed by atoms with E-state index in [4.69, 9.17) is 21.7 Å². The van der Waals surface area contributed by atoms with Crippen LogP contribution in [0.15, 0.2) is 49.1 Å². The molecular formula is C27H23ClF3N7. The van der Waals surface area contributed by atoms with E-state index in [-0.39, 0.29) is 5.95 Å². The van der Waals surface area contributed by atoms with Crippen LogP contribution in [0, 0.1) is 6.92 Å². The first-order valence-electron chi connectivity index (χ1n) is 12.2. The zero-order valence-corrected chi connectivity index (χ0v) is 21.4. The molecule has 11 heteroatoms. The molecule has 38 heavy (non-hydrogen) atoms. The molecule has 5 aromatic rings. The van der Waals surface area contributed by atoms with E-state index >= 15 is 0 Å². The lowest BCUT2D eigenvalue weighted by atomic mass is 10.0. The highest BCUT2D eigenvalue weighted by Gasteiger charge is 2.33. The van der Waals surface area contributed by atoms with Crippen molar-refractivity contribution in [2.75, 3.05) is 11.4 Å². The van der Waals surface area contributed by atoms with Crippen LogP contribution in [0.5, 0.6) is 0 Å². The molecule has 0 spiro atoms. The van der Waals surface area contributed by atoms with E-state index in [2.05, 4.69) is 40.9 Å². The topological polar surface area (TPSA) is 75.5 Å². The molecule has 194 valence electrons. The summed E-state index contributed by atoms with van der Waals surface area (Å²) in [5.74, 6) is 0.235. The fourth-order valence-electron chi connectivity index (χ4n) is 5.10. The van der Waals surface area contributed by atoms with Gasteiger partial charge >= 0.3 is 6.18 Å². The third-order valence-corrected chi connectivity index (χ3v) is 7.26. The minimum Gasteiger partial charge on any atom is -0.360 e. The van der Waals surface area contributed by atoms with E-state index in [0.29, 0.717) is 30.2 Å². The summed E-state index contributed by atoms with van der Waals surface area (Å²) < 4.78 is 41.2. The number of benzene rings is 1. The van der Waals surface area contributed by atoms with Crippen LogP contribution in [0.1, 0.15) is 34.9 Å². The van der Waals surface area contributed by atoms with Gasteiger partial charge in [-0.2, -0.15) is 18.3 Å². The first-order valence-corrected chi connectivity index (χ1v) is 12.6. The molecular weight excluding hydrogens is 515 g/mol. The number of H-pyrrole nitrogens is 1. The van der Waals surface area contributed by atoms with E-state index in [1.807, 2.05) is 21.7 Å². The van der Waals surface area contributed by atoms with Gasteiger partial charge in [0.1, 0.15) is 0 Å². The number of aromatic nitrogens is 6. The molecule has 0 amide bonds. The Kier molecular flexibility index (Phi) is 5.86. The quantitative estimate of drug-likeness (QED) is 0.291. The van der Waals surface area contributed by atoms with Crippen molar-refractivity contribution in [1.29, 1.82) is 0 Å². The van der Waals surface area contributed by atoms with Crippen molar-refractivity contribution in [2.45, 2.75) is 39.4 Å². The van der Waals surface area contributed by atoms with E-state index in [0.717, 1.165) is 63.5 Å². The van der Waals surface area contributed by atoms with Gasteiger partial charge in [-0.15, -0.1) is 0 Å². The summed E-state index contributed by atoms with van der Waals surface area (Å²) in [5.41, 5.74) is 6.47. The van der Waals surface area contributed by atoms with Gasteiger partial charge in [0.2, 0.25) is 5.95 Å². The molecule has 0 saturated heterocycles. The zero-order chi connectivity index (χ0) is 26.6. The van der Waals surface area contributed by atoms with Crippen LogP contribution in [0.25, 0.3) is 28.0 Å². The molecule has 0 atom stereocenters. The second-order valence-corrected chi connectivity index (χ2v) is 9.69. The van der Waals surface area contributed by atoms with E-state index in [1.54, 1.807) is 12.4 Å². The lowest BCUT2D eigenvalue weighted by molar-refractivity contribution is -0.138. The number of nitrogens with one attached hydrogen (secondary N) is 1. The Bertz CT molecular complexity index is 1650. The number of rotatable bonds is 4. The van der Waals surface area contributed by atoms with Crippen LogP contribution >= 0.6 is 11.6 Å². The van der Waals surface area contributed by atoms with Gasteiger partial charge < -0.3 is 9.88 Å². The molecule has 0 bridgehead atoms. The lowest BCUT2D eigenvalue weighted by Gasteiger charge is -2.27. The van der Waals surface area contributed by atoms with E-state index < -0.39 is 11.7 Å². The molecule has 6 rings (SSSR count). The van der Waals surface area contributed by atoms with Crippen molar-refractivity contribution >= 4 is 28.5 Å². The smallest absolute Gasteiger partial charge is 0.360 e. The highest BCUT2D eigenvalue weighted by Crippen LogP contribution is 2.39. The molecule has 1 aliphatic rings. The maximum absolute atomic E-state index is 13.1. The molecule has 1 aromatic carbocycles. The van der Waals surface area contributed by atoms with Crippen LogP contribution < -0.4 is 4.90 Å². The molecule has 0 saturated carbocycles. The van der Waals surface area contributed by atoms with Gasteiger partial charge in [0.15, 0.2) is 0 Å². The average molecular weight is 538 g/mol. The fourth-order valence-corrected chi connectivity index (χ4v) is 5.35. The summed E-state index contributed by atoms with van der Waals surface area (Å²) in [5, 5.41) is 6.40. The summed E-state index contributed by atoms with van der Waals surface area (Å²) in [4.78, 5) is 17.9. The summed E-state index contributed by atoms with van der Waals surface area (Å²) >= 11 is 6.62. The Morgan fingerprint density at radius 2 is 1.89 bits per heavy atom. The van der Waals surface area contributed by atoms with Gasteiger partial charge in [0.05, 0.1) is 38.9 Å². The summed E-state index contributed by atoms with van der Waals surface area (Å²) in [6.07, 6.45) is 2.01. The first-order chi connectivity index (χ1) is 18.3. The standard InChI is InChI=1S/C27H23ClF3N7/c1-3-16-6-4-5-15(2)24(16)38-25(23-22-19(28)13-33-21(22)7-9-32-23)18-14-37(10-8-20(18)36-38)26-34-11-17(12-35-26)27(29,30)31/h4-7,9,11-13,33H,3,8,10,14H2,1-2H3. The molecule has 0 fully saturated rings. The third-order valence-electron chi connectivity index (χ3n) is 6.97. The van der Waals surface area contributed by atoms with Crippen molar-refractivity contribution in [3.63, 3.8) is 0 Å². The van der Waals surface area contributed by atoms with Crippen LogP contribution in [0.2, 0.25) is 5.02 Å². The fraction of sp³-hybridized carbons (Fsp3) is 0.259. The zero-order valence-electron chi connectivity index (χ0n) is 20.6. The number of aromatic amines is 1. The molecule has 1 aliphatic heterocycles. The third kappa shape index (κ3) is 3.99. The molecule has 5 heterocycles. The predicted octanol–water partition coefficient (Wildman–Crippen LogP) is 6.31. The van der Waals surface area contributed by atoms with Crippen molar-refractivity contribution < 1.29 is 13.2 Å². The Balaban J connectivity index is 1.55. The van der Waals surface area contributed by atoms with E-state index in [1.165, 1.54) is 0 Å². The Labute approximate surface area is 221 Å². The van der Waals surface area contributed by atoms with Gasteiger partial charge in [0, 0.05) is 55.2 Å². The molecule has 0 aliphatic carbocycles. The number of fused-ring (bicyclic) bond motifs is 2. The average Bonchev–Trinajstić information content (AvgIpc) is 3.48. The Morgan fingerprint density at radius 3 is 2.63 bits per heavy atom. The molecule has 1 N–H and O–H groups in total. The van der Waals surface area contributed by atoms with E-state index in [9.17, 15) is 13.2 Å². The van der Waals surface area contributed by atoms with Crippen molar-refractivity contribution in [3.05, 3.63) is 82.0 Å². The number of hydrogen-bond acceptors (Lipinski definition) is 5. The Hall–Kier alpha value is -3.92. The largest absolute Gasteiger partial charge is 0.419 e. The maximum atomic E-state index is 13.1. The number of aryl methyl sites for hydroxylation is 2. The van der Waals surface area contributed by atoms with Gasteiger partial charge in [0.25, 0.3) is 0 Å². The van der Waals surface area contributed by atoms with Crippen LogP contribution in [-0.2, 0) is 25.6 Å². The summed E-state index contributed by atoms with van der Waals surface area (Å²) in [6, 6.07) is 8.04. The van der Waals surface area contributed by atoms with Crippen molar-refractivity contribution in [1.82, 2.24) is 29.7 Å². The highest BCUT2D eigenvalue weighted by atomic mass is 35.5. The predicted molar refractivity (Wildman–Crippen MR) is 140 cm³/mol. The Morgan fingerprint density at radius 1 is 1.11 bits per heavy atom. The summed E-state index contributed by atoms with van der Waals surface area (Å²) in [7, 11) is 0. The summed E-state index contributed by atoms with van der Waals surface area (Å²) in [6.45, 7) is 5.04. The lowest BCUT2D eigenvalue weighted by Crippen LogP contribution is -2.31. The highest BCUT2D eigenvalue weighted by molar-refractivity contribution is 6.36. The molecule has 0 radical (unpaired) electrons. The number of anilines is 1. The van der Waals surface area contributed by atoms with Crippen LogP contribution in [0.3, 0.4) is 0 Å². The molecule has 7 nitrogen and oxygen atoms in total. The number of para-hydroxylation sites is 1. The van der Waals surface area contributed by atoms with Gasteiger partial charge in [-0.3, -0.25) is 4.98 Å². The number of pyridine rings is 1. The second kappa shape index (κ2) is 9.13. The molecule has 4 aromatic heterocycles. The monoisotopic (exact) mass is 537 g/mol. The number of hydrogen-bond donors (Lipinski definition) is 1. The van der Waals surface area contributed by atoms with Gasteiger partial charge in [-0.25, -0.2) is 14.6 Å². The maximum Gasteiger partial charge on any atom is 0.419 e. The van der Waals surface area contributed by atoms with Crippen molar-refractivity contribution in [2.24, 2.45) is 0 Å². The SMILES string of the molecule is CCc1cccc(C)c1-n1nc2c(c1-c1nccc3[nH]cc(Cl)c13)CN(c1ncc(C(F)(F)F)cn1)CC2. The first kappa shape index (κ1) is 24.4. The van der Waals surface area contributed by atoms with Crippen molar-refractivity contribution in [3.8, 4) is 17.1 Å². The normalized spacial score (nSPS) is 13.8. The second-order valence-electron chi connectivity index (χ2n) is 9.28. The van der Waals surface area contributed by atoms with Gasteiger partial charge in [-0.05, 0) is 30.5 Å². The number of alkyl halides is 3. The minimum atomic E-state index is -4.49. The minimum absolute atomic E-state index is 0.235. The number of halogens is 4. The number of nitrogens with zero attached hydrogens (tertiary/aromatic N) is 6.